The van der Waals surface area contributed by atoms with Gasteiger partial charge in [0.25, 0.3) is 5.91 Å². The van der Waals surface area contributed by atoms with Crippen molar-refractivity contribution in [2.24, 2.45) is 0 Å². The van der Waals surface area contributed by atoms with E-state index < -0.39 is 60.3 Å². The lowest BCUT2D eigenvalue weighted by molar-refractivity contribution is -0.157. The van der Waals surface area contributed by atoms with Gasteiger partial charge in [-0.1, -0.05) is 6.07 Å². The Kier molecular flexibility index (Phi) is 9.29. The summed E-state index contributed by atoms with van der Waals surface area (Å²) in [6.07, 6.45) is -1.64. The van der Waals surface area contributed by atoms with Crippen LogP contribution in [0.25, 0.3) is 5.69 Å². The van der Waals surface area contributed by atoms with Crippen molar-refractivity contribution in [2.45, 2.75) is 38.8 Å². The van der Waals surface area contributed by atoms with Crippen molar-refractivity contribution in [1.82, 2.24) is 24.9 Å². The lowest BCUT2D eigenvalue weighted by Gasteiger charge is -2.35. The minimum atomic E-state index is -1.39. The summed E-state index contributed by atoms with van der Waals surface area (Å²) < 4.78 is 25.4. The Labute approximate surface area is 228 Å². The number of aromatic nitrogens is 2. The van der Waals surface area contributed by atoms with Gasteiger partial charge in [-0.25, -0.2) is 18.7 Å². The lowest BCUT2D eigenvalue weighted by Crippen LogP contribution is -2.56. The molecule has 1 aromatic carbocycles. The molecule has 2 aromatic rings. The van der Waals surface area contributed by atoms with Gasteiger partial charge in [-0.3, -0.25) is 14.4 Å². The molecule has 1 aliphatic heterocycles. The molecule has 1 aliphatic rings. The van der Waals surface area contributed by atoms with Gasteiger partial charge in [0.1, 0.15) is 17.5 Å². The molecule has 0 spiro atoms. The zero-order valence-corrected chi connectivity index (χ0v) is 22.1. The summed E-state index contributed by atoms with van der Waals surface area (Å²) >= 11 is 0. The summed E-state index contributed by atoms with van der Waals surface area (Å²) in [7, 11) is 0. The van der Waals surface area contributed by atoms with Gasteiger partial charge in [0.2, 0.25) is 11.8 Å². The average Bonchev–Trinajstić information content (AvgIpc) is 3.30. The minimum Gasteiger partial charge on any atom is -0.479 e. The third-order valence-corrected chi connectivity index (χ3v) is 5.56. The molecule has 0 saturated carbocycles. The number of aliphatic carboxylic acids is 1. The normalized spacial score (nSPS) is 14.3. The molecule has 3 N–H and O–H groups in total. The molecule has 3 rings (SSSR count). The van der Waals surface area contributed by atoms with E-state index in [1.165, 1.54) is 23.1 Å². The van der Waals surface area contributed by atoms with Crippen molar-refractivity contribution in [1.29, 1.82) is 0 Å². The molecule has 1 fully saturated rings. The number of carboxylic acid groups (broad SMARTS) is 2. The number of ether oxygens (including phenoxy) is 2. The third-order valence-electron chi connectivity index (χ3n) is 5.56. The molecular formula is C25H30FN5O9. The van der Waals surface area contributed by atoms with Gasteiger partial charge < -0.3 is 34.8 Å². The number of piperazine rings is 1. The van der Waals surface area contributed by atoms with Crippen molar-refractivity contribution in [3.63, 3.8) is 0 Å². The summed E-state index contributed by atoms with van der Waals surface area (Å²) in [5, 5.41) is 24.7. The second kappa shape index (κ2) is 12.4. The maximum absolute atomic E-state index is 13.8. The highest BCUT2D eigenvalue weighted by molar-refractivity contribution is 5.97. The standard InChI is InChI=1S/C25H30FN5O9/c1-25(2,3)40-21(34)13-18(23(36)29-7-9-30(10-8-29)24(37)38)27-22(35)17-12-19(39-14-20(32)33)31(28-17)16-6-4-5-15(26)11-16/h4-6,11-12,18H,7-10,13-14H2,1-3H3,(H,27,35)(H,32,33)(H,37,38)/t18-/m0/s1. The number of nitrogens with one attached hydrogen (secondary N) is 1. The first-order valence-corrected chi connectivity index (χ1v) is 12.2. The molecule has 0 bridgehead atoms. The average molecular weight is 564 g/mol. The smallest absolute Gasteiger partial charge is 0.407 e. The van der Waals surface area contributed by atoms with Gasteiger partial charge in [0.15, 0.2) is 12.3 Å². The van der Waals surface area contributed by atoms with E-state index in [0.29, 0.717) is 0 Å². The molecule has 1 aromatic heterocycles. The maximum Gasteiger partial charge on any atom is 0.407 e. The fourth-order valence-corrected chi connectivity index (χ4v) is 3.83. The largest absolute Gasteiger partial charge is 0.479 e. The van der Waals surface area contributed by atoms with E-state index in [0.717, 1.165) is 21.7 Å². The summed E-state index contributed by atoms with van der Waals surface area (Å²) in [6, 6.07) is 4.84. The predicted molar refractivity (Wildman–Crippen MR) is 135 cm³/mol. The quantitative estimate of drug-likeness (QED) is 0.374. The van der Waals surface area contributed by atoms with Crippen molar-refractivity contribution >= 4 is 29.8 Å². The van der Waals surface area contributed by atoms with Crippen LogP contribution < -0.4 is 10.1 Å². The SMILES string of the molecule is CC(C)(C)OC(=O)C[C@H](NC(=O)c1cc(OCC(=O)O)n(-c2cccc(F)c2)n1)C(=O)N1CCN(C(=O)O)CC1. The van der Waals surface area contributed by atoms with E-state index in [1.807, 2.05) is 0 Å². The number of carbonyl (C=O) groups is 5. The van der Waals surface area contributed by atoms with Crippen molar-refractivity contribution in [2.75, 3.05) is 32.8 Å². The van der Waals surface area contributed by atoms with Gasteiger partial charge >= 0.3 is 18.0 Å². The first-order valence-electron chi connectivity index (χ1n) is 12.2. The Hall–Kier alpha value is -4.69. The maximum atomic E-state index is 13.8. The molecule has 15 heteroatoms. The zero-order valence-electron chi connectivity index (χ0n) is 22.1. The van der Waals surface area contributed by atoms with E-state index in [-0.39, 0.29) is 43.4 Å². The van der Waals surface area contributed by atoms with Crippen molar-refractivity contribution < 1.29 is 48.0 Å². The number of hydrogen-bond donors (Lipinski definition) is 3. The van der Waals surface area contributed by atoms with E-state index in [1.54, 1.807) is 20.8 Å². The monoisotopic (exact) mass is 563 g/mol. The summed E-state index contributed by atoms with van der Waals surface area (Å²) in [6.45, 7) is 4.35. The van der Waals surface area contributed by atoms with Crippen LogP contribution in [0.1, 0.15) is 37.7 Å². The summed E-state index contributed by atoms with van der Waals surface area (Å²) in [4.78, 5) is 63.8. The van der Waals surface area contributed by atoms with E-state index in [2.05, 4.69) is 10.4 Å². The highest BCUT2D eigenvalue weighted by atomic mass is 19.1. The van der Waals surface area contributed by atoms with Gasteiger partial charge in [-0.05, 0) is 39.0 Å². The second-order valence-electron chi connectivity index (χ2n) is 9.85. The van der Waals surface area contributed by atoms with Crippen LogP contribution in [0.4, 0.5) is 9.18 Å². The van der Waals surface area contributed by atoms with E-state index in [4.69, 9.17) is 19.7 Å². The number of rotatable bonds is 9. The van der Waals surface area contributed by atoms with Gasteiger partial charge in [0.05, 0.1) is 12.1 Å². The van der Waals surface area contributed by atoms with E-state index in [9.17, 15) is 28.4 Å². The van der Waals surface area contributed by atoms with Gasteiger partial charge in [-0.2, -0.15) is 5.10 Å². The molecule has 0 unspecified atom stereocenters. The van der Waals surface area contributed by atoms with Gasteiger partial charge in [-0.15, -0.1) is 0 Å². The molecule has 14 nitrogen and oxygen atoms in total. The number of benzene rings is 1. The molecule has 3 amide bonds. The number of amides is 3. The van der Waals surface area contributed by atoms with Crippen LogP contribution in [0.15, 0.2) is 30.3 Å². The van der Waals surface area contributed by atoms with Crippen LogP contribution in [0.5, 0.6) is 5.88 Å². The number of carboxylic acids is 1. The molecule has 0 aliphatic carbocycles. The minimum absolute atomic E-state index is 0.0488. The van der Waals surface area contributed by atoms with Crippen LogP contribution in [-0.4, -0.2) is 104 Å². The Morgan fingerprint density at radius 3 is 2.27 bits per heavy atom. The number of hydrogen-bond acceptors (Lipinski definition) is 8. The molecule has 1 saturated heterocycles. The van der Waals surface area contributed by atoms with Crippen LogP contribution in [-0.2, 0) is 19.1 Å². The Balaban J connectivity index is 1.86. The number of esters is 1. The van der Waals surface area contributed by atoms with Gasteiger partial charge in [0, 0.05) is 32.2 Å². The Bertz CT molecular complexity index is 1280. The van der Waals surface area contributed by atoms with Crippen LogP contribution >= 0.6 is 0 Å². The fourth-order valence-electron chi connectivity index (χ4n) is 3.83. The zero-order chi connectivity index (χ0) is 29.6. The number of nitrogens with zero attached hydrogens (tertiary/aromatic N) is 4. The molecule has 216 valence electrons. The summed E-state index contributed by atoms with van der Waals surface area (Å²) in [5.41, 5.74) is -1.03. The Morgan fingerprint density at radius 2 is 1.70 bits per heavy atom. The highest BCUT2D eigenvalue weighted by Gasteiger charge is 2.33. The Morgan fingerprint density at radius 1 is 1.05 bits per heavy atom. The van der Waals surface area contributed by atoms with Crippen molar-refractivity contribution in [3.8, 4) is 11.6 Å². The topological polar surface area (TPSA) is 181 Å². The van der Waals surface area contributed by atoms with Crippen molar-refractivity contribution in [3.05, 3.63) is 41.8 Å². The first-order chi connectivity index (χ1) is 18.7. The highest BCUT2D eigenvalue weighted by Crippen LogP contribution is 2.21. The predicted octanol–water partition coefficient (Wildman–Crippen LogP) is 1.13. The van der Waals surface area contributed by atoms with Crippen LogP contribution in [0.3, 0.4) is 0 Å². The fraction of sp³-hybridized carbons (Fsp3) is 0.440. The lowest BCUT2D eigenvalue weighted by atomic mass is 10.1. The first kappa shape index (κ1) is 29.9. The summed E-state index contributed by atoms with van der Waals surface area (Å²) in [5.74, 6) is -4.39. The molecule has 2 heterocycles. The van der Waals surface area contributed by atoms with Crippen LogP contribution in [0.2, 0.25) is 0 Å². The van der Waals surface area contributed by atoms with E-state index >= 15 is 0 Å². The molecule has 1 atom stereocenters. The number of halogens is 1. The molecular weight excluding hydrogens is 533 g/mol. The molecule has 40 heavy (non-hydrogen) atoms. The molecule has 0 radical (unpaired) electrons. The third kappa shape index (κ3) is 8.15. The number of carbonyl (C=O) groups excluding carboxylic acids is 3. The van der Waals surface area contributed by atoms with Crippen LogP contribution in [0, 0.1) is 5.82 Å². The second-order valence-corrected chi connectivity index (χ2v) is 9.85.